The number of aromatic amines is 2. The van der Waals surface area contributed by atoms with Crippen molar-refractivity contribution in [2.75, 3.05) is 5.73 Å². The van der Waals surface area contributed by atoms with Crippen molar-refractivity contribution in [2.24, 2.45) is 0 Å². The molecular weight excluding hydrogens is 432 g/mol. The van der Waals surface area contributed by atoms with Crippen LogP contribution < -0.4 is 16.9 Å². The highest BCUT2D eigenvalue weighted by atomic mass is 16.1. The molecule has 10 heteroatoms. The van der Waals surface area contributed by atoms with E-state index in [4.69, 9.17) is 5.73 Å². The minimum absolute atomic E-state index is 0.0477. The molecule has 4 N–H and O–H groups in total. The van der Waals surface area contributed by atoms with Crippen molar-refractivity contribution >= 4 is 16.9 Å². The van der Waals surface area contributed by atoms with Crippen molar-refractivity contribution in [3.63, 3.8) is 0 Å². The summed E-state index contributed by atoms with van der Waals surface area (Å²) in [6.07, 6.45) is 0. The first kappa shape index (κ1) is 20.4. The van der Waals surface area contributed by atoms with E-state index in [-0.39, 0.29) is 39.6 Å². The number of fused-ring (bicyclic) bond motifs is 1. The first-order chi connectivity index (χ1) is 16.5. The van der Waals surface area contributed by atoms with Crippen LogP contribution in [0.4, 0.5) is 5.82 Å². The molecule has 10 nitrogen and oxygen atoms in total. The molecule has 2 aromatic carbocycles. The maximum Gasteiger partial charge on any atom is 0.284 e. The smallest absolute Gasteiger partial charge is 0.284 e. The molecule has 5 rings (SSSR count). The zero-order chi connectivity index (χ0) is 23.8. The molecule has 0 aliphatic rings. The Balaban J connectivity index is 1.84. The molecule has 3 heterocycles. The standard InChI is InChI=1S/C24H14N8O2/c25-11-15-17(13-7-3-1-4-8-13)18-21(29-20(15)27)31-32(23(18)34)24-28-19(14-9-5-2-6-10-14)16(12-26)22(33)30-24/h1-10H,(H3,27,29,31)(H,28,30,33). The van der Waals surface area contributed by atoms with E-state index < -0.39 is 11.1 Å². The number of nitrogens with one attached hydrogen (secondary N) is 2. The van der Waals surface area contributed by atoms with Gasteiger partial charge in [-0.2, -0.15) is 15.2 Å². The fourth-order valence-electron chi connectivity index (χ4n) is 3.79. The van der Waals surface area contributed by atoms with Crippen LogP contribution in [0.1, 0.15) is 11.1 Å². The van der Waals surface area contributed by atoms with Gasteiger partial charge in [-0.3, -0.25) is 19.7 Å². The predicted octanol–water partition coefficient (Wildman–Crippen LogP) is 2.46. The third-order valence-electron chi connectivity index (χ3n) is 5.31. The summed E-state index contributed by atoms with van der Waals surface area (Å²) in [5.41, 5.74) is 6.32. The third kappa shape index (κ3) is 3.11. The molecule has 3 aromatic heterocycles. The molecule has 0 saturated carbocycles. The number of nitrogens with two attached hydrogens (primary N) is 1. The molecular formula is C24H14N8O2. The number of hydrogen-bond acceptors (Lipinski definition) is 7. The van der Waals surface area contributed by atoms with Crippen molar-refractivity contribution in [1.82, 2.24) is 24.7 Å². The van der Waals surface area contributed by atoms with Crippen LogP contribution in [0.15, 0.2) is 70.3 Å². The van der Waals surface area contributed by atoms with Crippen molar-refractivity contribution in [3.05, 3.63) is 92.5 Å². The molecule has 5 aromatic rings. The van der Waals surface area contributed by atoms with E-state index in [0.29, 0.717) is 16.7 Å². The number of nitrogen functional groups attached to an aromatic ring is 1. The number of anilines is 1. The number of hydrogen-bond donors (Lipinski definition) is 3. The van der Waals surface area contributed by atoms with Crippen LogP contribution in [0, 0.1) is 22.7 Å². The number of H-pyrrole nitrogens is 2. The van der Waals surface area contributed by atoms with Gasteiger partial charge in [0.2, 0.25) is 5.95 Å². The van der Waals surface area contributed by atoms with Crippen LogP contribution in [0.3, 0.4) is 0 Å². The van der Waals surface area contributed by atoms with Gasteiger partial charge >= 0.3 is 0 Å². The highest BCUT2D eigenvalue weighted by Gasteiger charge is 2.23. The van der Waals surface area contributed by atoms with Gasteiger partial charge in [0.1, 0.15) is 29.1 Å². The zero-order valence-corrected chi connectivity index (χ0v) is 17.4. The maximum atomic E-state index is 13.5. The number of aromatic nitrogens is 5. The Hall–Kier alpha value is -5.48. The van der Waals surface area contributed by atoms with Crippen molar-refractivity contribution in [3.8, 4) is 40.5 Å². The average molecular weight is 446 g/mol. The molecule has 0 amide bonds. The topological polar surface area (TPSA) is 170 Å². The number of rotatable bonds is 3. The lowest BCUT2D eigenvalue weighted by Gasteiger charge is -2.07. The average Bonchev–Trinajstić information content (AvgIpc) is 3.19. The van der Waals surface area contributed by atoms with Gasteiger partial charge in [0.25, 0.3) is 11.1 Å². The molecule has 0 aliphatic heterocycles. The van der Waals surface area contributed by atoms with Crippen LogP contribution in [0.25, 0.3) is 39.4 Å². The van der Waals surface area contributed by atoms with Gasteiger partial charge in [-0.25, -0.2) is 9.97 Å². The summed E-state index contributed by atoms with van der Waals surface area (Å²) < 4.78 is 1.01. The van der Waals surface area contributed by atoms with Crippen molar-refractivity contribution in [2.45, 2.75) is 0 Å². The van der Waals surface area contributed by atoms with E-state index in [2.05, 4.69) is 20.1 Å². The lowest BCUT2D eigenvalue weighted by Crippen LogP contribution is -2.23. The summed E-state index contributed by atoms with van der Waals surface area (Å²) in [5.74, 6) is -0.185. The largest absolute Gasteiger partial charge is 0.383 e. The Labute approximate surface area is 191 Å². The summed E-state index contributed by atoms with van der Waals surface area (Å²) in [7, 11) is 0. The number of nitrogens with zero attached hydrogens (tertiary/aromatic N) is 5. The molecule has 0 fully saturated rings. The second kappa shape index (κ2) is 7.89. The summed E-state index contributed by atoms with van der Waals surface area (Å²) in [4.78, 5) is 37.3. The Morgan fingerprint density at radius 2 is 1.47 bits per heavy atom. The van der Waals surface area contributed by atoms with Gasteiger partial charge in [-0.1, -0.05) is 60.7 Å². The van der Waals surface area contributed by atoms with Crippen molar-refractivity contribution < 1.29 is 0 Å². The summed E-state index contributed by atoms with van der Waals surface area (Å²) in [6, 6.07) is 21.4. The van der Waals surface area contributed by atoms with Gasteiger partial charge in [0, 0.05) is 11.1 Å². The second-order valence-corrected chi connectivity index (χ2v) is 7.29. The molecule has 162 valence electrons. The quantitative estimate of drug-likeness (QED) is 0.382. The predicted molar refractivity (Wildman–Crippen MR) is 125 cm³/mol. The number of pyridine rings is 1. The summed E-state index contributed by atoms with van der Waals surface area (Å²) in [6.45, 7) is 0. The number of benzene rings is 2. The van der Waals surface area contributed by atoms with E-state index in [0.717, 1.165) is 4.68 Å². The molecule has 0 saturated heterocycles. The van der Waals surface area contributed by atoms with E-state index in [9.17, 15) is 20.1 Å². The van der Waals surface area contributed by atoms with Gasteiger partial charge in [0.05, 0.1) is 11.1 Å². The van der Waals surface area contributed by atoms with Crippen LogP contribution >= 0.6 is 0 Å². The first-order valence-corrected chi connectivity index (χ1v) is 10.0. The second-order valence-electron chi connectivity index (χ2n) is 7.29. The monoisotopic (exact) mass is 446 g/mol. The van der Waals surface area contributed by atoms with Crippen molar-refractivity contribution in [1.29, 1.82) is 10.5 Å². The highest BCUT2D eigenvalue weighted by molar-refractivity contribution is 5.98. The number of nitriles is 2. The SMILES string of the molecule is N#Cc1c(N)nc2[nH]n(-c3nc(-c4ccccc4)c(C#N)c(=O)[nH]3)c(=O)c2c1-c1ccccc1. The third-order valence-corrected chi connectivity index (χ3v) is 5.31. The normalized spacial score (nSPS) is 10.6. The molecule has 0 unspecified atom stereocenters. The van der Waals surface area contributed by atoms with Gasteiger partial charge in [-0.15, -0.1) is 0 Å². The molecule has 0 spiro atoms. The lowest BCUT2D eigenvalue weighted by molar-refractivity contribution is 0.785. The first-order valence-electron chi connectivity index (χ1n) is 10.0. The van der Waals surface area contributed by atoms with E-state index >= 15 is 0 Å². The highest BCUT2D eigenvalue weighted by Crippen LogP contribution is 2.31. The minimum atomic E-state index is -0.703. The van der Waals surface area contributed by atoms with Crippen LogP contribution in [0.2, 0.25) is 0 Å². The van der Waals surface area contributed by atoms with E-state index in [1.54, 1.807) is 54.6 Å². The maximum absolute atomic E-state index is 13.5. The van der Waals surface area contributed by atoms with Gasteiger partial charge in [0.15, 0.2) is 5.65 Å². The van der Waals surface area contributed by atoms with Crippen LogP contribution in [-0.4, -0.2) is 24.7 Å². The fourth-order valence-corrected chi connectivity index (χ4v) is 3.79. The summed E-state index contributed by atoms with van der Waals surface area (Å²) >= 11 is 0. The molecule has 0 bridgehead atoms. The van der Waals surface area contributed by atoms with Crippen LogP contribution in [-0.2, 0) is 0 Å². The molecule has 0 radical (unpaired) electrons. The zero-order valence-electron chi connectivity index (χ0n) is 17.4. The fraction of sp³-hybridized carbons (Fsp3) is 0. The van der Waals surface area contributed by atoms with Gasteiger partial charge in [-0.05, 0) is 5.56 Å². The molecule has 34 heavy (non-hydrogen) atoms. The Bertz CT molecular complexity index is 1770. The summed E-state index contributed by atoms with van der Waals surface area (Å²) in [5, 5.41) is 22.1. The van der Waals surface area contributed by atoms with Gasteiger partial charge < -0.3 is 5.73 Å². The van der Waals surface area contributed by atoms with E-state index in [1.165, 1.54) is 0 Å². The Morgan fingerprint density at radius 1 is 0.853 bits per heavy atom. The lowest BCUT2D eigenvalue weighted by atomic mass is 9.98. The van der Waals surface area contributed by atoms with Crippen LogP contribution in [0.5, 0.6) is 0 Å². The minimum Gasteiger partial charge on any atom is -0.383 e. The Kier molecular flexibility index (Phi) is 4.74. The molecule has 0 atom stereocenters. The Morgan fingerprint density at radius 3 is 2.09 bits per heavy atom. The molecule has 0 aliphatic carbocycles. The van der Waals surface area contributed by atoms with E-state index in [1.807, 2.05) is 18.2 Å².